The van der Waals surface area contributed by atoms with Crippen LogP contribution in [0.3, 0.4) is 0 Å². The van der Waals surface area contributed by atoms with Crippen LogP contribution in [0.4, 0.5) is 0 Å². The van der Waals surface area contributed by atoms with Crippen LogP contribution in [0, 0.1) is 0 Å². The molecule has 0 amide bonds. The van der Waals surface area contributed by atoms with Crippen molar-refractivity contribution in [1.29, 1.82) is 0 Å². The van der Waals surface area contributed by atoms with E-state index >= 15 is 0 Å². The molecular weight excluding hydrogens is 356 g/mol. The van der Waals surface area contributed by atoms with Gasteiger partial charge in [-0.2, -0.15) is 0 Å². The first kappa shape index (κ1) is 17.1. The number of nitrogens with zero attached hydrogens (tertiary/aromatic N) is 2. The van der Waals surface area contributed by atoms with Gasteiger partial charge in [-0.1, -0.05) is 72.8 Å². The number of hydrogen-bond acceptors (Lipinski definition) is 3. The SMILES string of the molecule is C(=C\c1nnc(/C=C/c2ccc3ccccc3c2)o1)/c1ccc2ccccc2c1. The highest BCUT2D eigenvalue weighted by Crippen LogP contribution is 2.19. The Bertz CT molecular complexity index is 1260. The molecule has 0 fully saturated rings. The minimum absolute atomic E-state index is 0.483. The highest BCUT2D eigenvalue weighted by atomic mass is 16.4. The zero-order valence-electron chi connectivity index (χ0n) is 15.7. The Hall–Kier alpha value is -3.98. The lowest BCUT2D eigenvalue weighted by molar-refractivity contribution is 0.533. The Morgan fingerprint density at radius 3 is 1.41 bits per heavy atom. The topological polar surface area (TPSA) is 38.9 Å². The Balaban J connectivity index is 1.32. The summed E-state index contributed by atoms with van der Waals surface area (Å²) >= 11 is 0. The summed E-state index contributed by atoms with van der Waals surface area (Å²) in [5, 5.41) is 13.1. The van der Waals surface area contributed by atoms with Gasteiger partial charge in [0.1, 0.15) is 0 Å². The first-order chi connectivity index (χ1) is 14.3. The van der Waals surface area contributed by atoms with E-state index < -0.39 is 0 Å². The van der Waals surface area contributed by atoms with Gasteiger partial charge in [0.2, 0.25) is 11.8 Å². The van der Waals surface area contributed by atoms with Crippen molar-refractivity contribution in [3.05, 3.63) is 108 Å². The van der Waals surface area contributed by atoms with Crippen LogP contribution in [0.15, 0.2) is 89.3 Å². The monoisotopic (exact) mass is 374 g/mol. The molecule has 0 aliphatic heterocycles. The molecular formula is C26H18N2O. The average Bonchev–Trinajstić information content (AvgIpc) is 3.24. The molecule has 1 aromatic heterocycles. The van der Waals surface area contributed by atoms with Gasteiger partial charge in [-0.05, 0) is 57.0 Å². The van der Waals surface area contributed by atoms with Crippen LogP contribution in [0.1, 0.15) is 22.9 Å². The number of hydrogen-bond donors (Lipinski definition) is 0. The Morgan fingerprint density at radius 2 is 0.931 bits per heavy atom. The van der Waals surface area contributed by atoms with Crippen LogP contribution in [-0.4, -0.2) is 10.2 Å². The van der Waals surface area contributed by atoms with Crippen molar-refractivity contribution in [3.63, 3.8) is 0 Å². The van der Waals surface area contributed by atoms with E-state index in [0.29, 0.717) is 11.8 Å². The van der Waals surface area contributed by atoms with Gasteiger partial charge in [0.15, 0.2) is 0 Å². The summed E-state index contributed by atoms with van der Waals surface area (Å²) in [5.41, 5.74) is 2.19. The molecule has 29 heavy (non-hydrogen) atoms. The van der Waals surface area contributed by atoms with Gasteiger partial charge in [-0.15, -0.1) is 10.2 Å². The maximum Gasteiger partial charge on any atom is 0.240 e. The molecule has 0 unspecified atom stereocenters. The van der Waals surface area contributed by atoms with Crippen LogP contribution in [0.5, 0.6) is 0 Å². The van der Waals surface area contributed by atoms with E-state index in [9.17, 15) is 0 Å². The second-order valence-electron chi connectivity index (χ2n) is 6.86. The molecule has 0 aliphatic carbocycles. The molecule has 5 rings (SSSR count). The predicted octanol–water partition coefficient (Wildman–Crippen LogP) is 6.72. The van der Waals surface area contributed by atoms with Crippen molar-refractivity contribution in [1.82, 2.24) is 10.2 Å². The minimum atomic E-state index is 0.483. The van der Waals surface area contributed by atoms with Gasteiger partial charge < -0.3 is 4.42 Å². The maximum atomic E-state index is 5.71. The molecule has 3 heteroatoms. The standard InChI is InChI=1S/C26H18N2O/c1-3-7-23-17-19(9-13-21(23)5-1)11-15-25-27-28-26(29-25)16-12-20-10-14-22-6-2-4-8-24(22)18-20/h1-18H/b15-11+,16-12+. The zero-order chi connectivity index (χ0) is 19.5. The van der Waals surface area contributed by atoms with Crippen molar-refractivity contribution in [2.45, 2.75) is 0 Å². The van der Waals surface area contributed by atoms with Crippen LogP contribution in [-0.2, 0) is 0 Å². The molecule has 3 nitrogen and oxygen atoms in total. The summed E-state index contributed by atoms with van der Waals surface area (Å²) in [4.78, 5) is 0. The van der Waals surface area contributed by atoms with Crippen LogP contribution in [0.25, 0.3) is 45.8 Å². The molecule has 0 bridgehead atoms. The quantitative estimate of drug-likeness (QED) is 0.351. The number of rotatable bonds is 4. The van der Waals surface area contributed by atoms with Crippen LogP contribution in [0.2, 0.25) is 0 Å². The summed E-state index contributed by atoms with van der Waals surface area (Å²) in [7, 11) is 0. The van der Waals surface area contributed by atoms with Crippen LogP contribution < -0.4 is 0 Å². The van der Waals surface area contributed by atoms with E-state index in [-0.39, 0.29) is 0 Å². The Labute approximate surface area is 168 Å². The summed E-state index contributed by atoms with van der Waals surface area (Å²) < 4.78 is 5.71. The summed E-state index contributed by atoms with van der Waals surface area (Å²) in [6.45, 7) is 0. The van der Waals surface area contributed by atoms with Crippen molar-refractivity contribution < 1.29 is 4.42 Å². The molecule has 0 N–H and O–H groups in total. The molecule has 0 saturated carbocycles. The van der Waals surface area contributed by atoms with Gasteiger partial charge >= 0.3 is 0 Å². The van der Waals surface area contributed by atoms with Crippen LogP contribution >= 0.6 is 0 Å². The second kappa shape index (κ2) is 7.56. The fraction of sp³-hybridized carbons (Fsp3) is 0. The van der Waals surface area contributed by atoms with Crippen molar-refractivity contribution >= 4 is 45.8 Å². The molecule has 0 radical (unpaired) electrons. The minimum Gasteiger partial charge on any atom is -0.417 e. The predicted molar refractivity (Wildman–Crippen MR) is 120 cm³/mol. The normalized spacial score (nSPS) is 11.9. The number of aromatic nitrogens is 2. The van der Waals surface area contributed by atoms with E-state index in [0.717, 1.165) is 11.1 Å². The first-order valence-corrected chi connectivity index (χ1v) is 9.51. The highest BCUT2D eigenvalue weighted by Gasteiger charge is 2.00. The third-order valence-corrected chi connectivity index (χ3v) is 4.84. The largest absolute Gasteiger partial charge is 0.417 e. The average molecular weight is 374 g/mol. The van der Waals surface area contributed by atoms with Gasteiger partial charge in [-0.3, -0.25) is 0 Å². The summed E-state index contributed by atoms with van der Waals surface area (Å²) in [6, 6.07) is 29.3. The van der Waals surface area contributed by atoms with Crippen molar-refractivity contribution in [3.8, 4) is 0 Å². The molecule has 5 aromatic rings. The van der Waals surface area contributed by atoms with Crippen molar-refractivity contribution in [2.75, 3.05) is 0 Å². The van der Waals surface area contributed by atoms with E-state index in [1.54, 1.807) is 0 Å². The third kappa shape index (κ3) is 3.85. The number of fused-ring (bicyclic) bond motifs is 2. The van der Waals surface area contributed by atoms with Crippen molar-refractivity contribution in [2.24, 2.45) is 0 Å². The summed E-state index contributed by atoms with van der Waals surface area (Å²) in [6.07, 6.45) is 7.64. The van der Waals surface area contributed by atoms with Gasteiger partial charge in [0.25, 0.3) is 0 Å². The van der Waals surface area contributed by atoms with Gasteiger partial charge in [0.05, 0.1) is 0 Å². The molecule has 0 atom stereocenters. The third-order valence-electron chi connectivity index (χ3n) is 4.84. The van der Waals surface area contributed by atoms with Gasteiger partial charge in [-0.25, -0.2) is 0 Å². The molecule has 4 aromatic carbocycles. The Kier molecular flexibility index (Phi) is 4.47. The van der Waals surface area contributed by atoms with E-state index in [4.69, 9.17) is 4.42 Å². The summed E-state index contributed by atoms with van der Waals surface area (Å²) in [5.74, 6) is 0.965. The van der Waals surface area contributed by atoms with Gasteiger partial charge in [0, 0.05) is 12.2 Å². The first-order valence-electron chi connectivity index (χ1n) is 9.51. The maximum absolute atomic E-state index is 5.71. The molecule has 1 heterocycles. The highest BCUT2D eigenvalue weighted by molar-refractivity contribution is 5.86. The van der Waals surface area contributed by atoms with E-state index in [1.807, 2.05) is 48.6 Å². The molecule has 0 spiro atoms. The second-order valence-corrected chi connectivity index (χ2v) is 6.86. The van der Waals surface area contributed by atoms with E-state index in [2.05, 4.69) is 70.9 Å². The van der Waals surface area contributed by atoms with E-state index in [1.165, 1.54) is 21.5 Å². The molecule has 0 aliphatic rings. The fourth-order valence-electron chi connectivity index (χ4n) is 3.34. The smallest absolute Gasteiger partial charge is 0.240 e. The Morgan fingerprint density at radius 1 is 0.483 bits per heavy atom. The lowest BCUT2D eigenvalue weighted by Crippen LogP contribution is -1.76. The zero-order valence-corrected chi connectivity index (χ0v) is 15.7. The fourth-order valence-corrected chi connectivity index (χ4v) is 3.34. The number of benzene rings is 4. The molecule has 138 valence electrons. The lowest BCUT2D eigenvalue weighted by Gasteiger charge is -1.98. The lowest BCUT2D eigenvalue weighted by atomic mass is 10.1. The molecule has 0 saturated heterocycles.